The van der Waals surface area contributed by atoms with Crippen LogP contribution in [0.4, 0.5) is 0 Å². The van der Waals surface area contributed by atoms with Gasteiger partial charge < -0.3 is 0 Å². The molecule has 0 aliphatic rings. The fourth-order valence-electron chi connectivity index (χ4n) is 4.20. The molecule has 0 spiro atoms. The molecule has 5 aromatic rings. The monoisotopic (exact) mass is 524 g/mol. The summed E-state index contributed by atoms with van der Waals surface area (Å²) in [5.41, 5.74) is 5.53. The maximum atomic E-state index is 2.35. The van der Waals surface area contributed by atoms with Gasteiger partial charge in [0.25, 0.3) is 0 Å². The van der Waals surface area contributed by atoms with E-state index in [1.807, 2.05) is 0 Å². The van der Waals surface area contributed by atoms with E-state index in [0.717, 1.165) is 12.8 Å². The molecule has 0 N–H and O–H groups in total. The fourth-order valence-corrected chi connectivity index (χ4v) is 6.13. The summed E-state index contributed by atoms with van der Waals surface area (Å²) in [5.74, 6) is 0. The summed E-state index contributed by atoms with van der Waals surface area (Å²) < 4.78 is 0. The van der Waals surface area contributed by atoms with Crippen LogP contribution in [0.2, 0.25) is 6.55 Å². The summed E-state index contributed by atoms with van der Waals surface area (Å²) in [6.45, 7) is 11.1. The van der Waals surface area contributed by atoms with Crippen molar-refractivity contribution in [1.29, 1.82) is 0 Å². The van der Waals surface area contributed by atoms with E-state index in [4.69, 9.17) is 0 Å². The van der Waals surface area contributed by atoms with E-state index in [1.54, 1.807) is 28.5 Å². The van der Waals surface area contributed by atoms with Gasteiger partial charge in [-0.05, 0) is 12.8 Å². The van der Waals surface area contributed by atoms with Crippen molar-refractivity contribution in [3.8, 4) is 0 Å². The second-order valence-electron chi connectivity index (χ2n) is 8.60. The Bertz CT molecular complexity index is 1240. The summed E-state index contributed by atoms with van der Waals surface area (Å²) in [6, 6.07) is 32.9. The molecule has 0 radical (unpaired) electrons. The Morgan fingerprint density at radius 1 is 0.667 bits per heavy atom. The van der Waals surface area contributed by atoms with Gasteiger partial charge in [-0.2, -0.15) is 12.1 Å². The molecule has 0 amide bonds. The summed E-state index contributed by atoms with van der Waals surface area (Å²) in [7, 11) is 0. The van der Waals surface area contributed by atoms with Crippen LogP contribution in [0.1, 0.15) is 36.1 Å². The third kappa shape index (κ3) is 6.98. The zero-order valence-corrected chi connectivity index (χ0v) is 24.0. The molecule has 0 unspecified atom stereocenters. The van der Waals surface area contributed by atoms with E-state index in [0.29, 0.717) is 0 Å². The molecule has 166 valence electrons. The minimum atomic E-state index is -0.122. The Labute approximate surface area is 214 Å². The molecule has 33 heavy (non-hydrogen) atoms. The average molecular weight is 526 g/mol. The predicted octanol–water partition coefficient (Wildman–Crippen LogP) is 7.92. The van der Waals surface area contributed by atoms with Crippen LogP contribution >= 0.6 is 0 Å². The molecule has 0 aliphatic carbocycles. The van der Waals surface area contributed by atoms with Gasteiger partial charge in [-0.15, -0.1) is 69.1 Å². The topological polar surface area (TPSA) is 0 Å². The fraction of sp³-hybridized carbons (Fsp3) is 0.226. The van der Waals surface area contributed by atoms with Crippen molar-refractivity contribution in [2.45, 2.75) is 47.1 Å². The van der Waals surface area contributed by atoms with Crippen molar-refractivity contribution in [3.63, 3.8) is 0 Å². The Hall–Kier alpha value is -2.02. The molecule has 0 bridgehead atoms. The maximum absolute atomic E-state index is 2.35. The Morgan fingerprint density at radius 3 is 1.48 bits per heavy atom. The van der Waals surface area contributed by atoms with Crippen LogP contribution in [0, 0.1) is 13.8 Å². The number of fused-ring (bicyclic) bond motifs is 2. The molecule has 5 rings (SSSR count). The van der Waals surface area contributed by atoms with Gasteiger partial charge in [-0.3, -0.25) is 0 Å². The Balaban J connectivity index is 0.000000141. The molecule has 0 fully saturated rings. The van der Waals surface area contributed by atoms with Crippen molar-refractivity contribution in [2.24, 2.45) is 0 Å². The molecular formula is C31H34SiZr. The number of benzene rings is 3. The molecule has 0 atom stereocenters. The summed E-state index contributed by atoms with van der Waals surface area (Å²) in [6.07, 6.45) is 2.25. The standard InChI is InChI=1S/2C12H13.C7H8Si.Zr/c2*1-3-10-5-4-6-11-7-9(2)8-12(10)11;1-8-7-5-3-2-4-6-7;/h2*4-8H,3H2,1-2H3;2-6H,1H3;/q2*-1;;+2. The van der Waals surface area contributed by atoms with E-state index >= 15 is 0 Å². The van der Waals surface area contributed by atoms with Gasteiger partial charge in [0.2, 0.25) is 0 Å². The molecule has 5 aromatic carbocycles. The van der Waals surface area contributed by atoms with Crippen LogP contribution in [0.25, 0.3) is 21.5 Å². The van der Waals surface area contributed by atoms with Crippen LogP contribution < -0.4 is 5.19 Å². The van der Waals surface area contributed by atoms with Gasteiger partial charge in [0, 0.05) is 0 Å². The molecule has 0 heterocycles. The third-order valence-corrected chi connectivity index (χ3v) is 9.27. The molecule has 2 heteroatoms. The Kier molecular flexibility index (Phi) is 9.65. The van der Waals surface area contributed by atoms with Gasteiger partial charge in [0.15, 0.2) is 0 Å². The van der Waals surface area contributed by atoms with Gasteiger partial charge in [-0.25, -0.2) is 0 Å². The summed E-state index contributed by atoms with van der Waals surface area (Å²) in [4.78, 5) is 0. The van der Waals surface area contributed by atoms with Crippen LogP contribution in [0.15, 0.2) is 91.0 Å². The number of aryl methyl sites for hydroxylation is 4. The summed E-state index contributed by atoms with van der Waals surface area (Å²) >= 11 is 1.69. The molecular weight excluding hydrogens is 492 g/mol. The second-order valence-corrected chi connectivity index (χ2v) is 16.0. The number of hydrogen-bond donors (Lipinski definition) is 0. The van der Waals surface area contributed by atoms with E-state index in [1.165, 1.54) is 43.8 Å². The second kappa shape index (κ2) is 12.4. The van der Waals surface area contributed by atoms with E-state index in [9.17, 15) is 0 Å². The van der Waals surface area contributed by atoms with Gasteiger partial charge in [-0.1, -0.05) is 51.0 Å². The van der Waals surface area contributed by atoms with E-state index in [2.05, 4.69) is 125 Å². The first-order valence-electron chi connectivity index (χ1n) is 11.8. The summed E-state index contributed by atoms with van der Waals surface area (Å²) in [5, 5.41) is 7.18. The van der Waals surface area contributed by atoms with Gasteiger partial charge >= 0.3 is 70.8 Å². The van der Waals surface area contributed by atoms with E-state index < -0.39 is 0 Å². The predicted molar refractivity (Wildman–Crippen MR) is 145 cm³/mol. The first-order valence-corrected chi connectivity index (χ1v) is 17.5. The molecule has 0 saturated carbocycles. The third-order valence-electron chi connectivity index (χ3n) is 5.94. The Morgan fingerprint density at radius 2 is 1.12 bits per heavy atom. The minimum absolute atomic E-state index is 0.122. The zero-order valence-electron chi connectivity index (χ0n) is 20.6. The number of hydrogen-bond acceptors (Lipinski definition) is 0. The van der Waals surface area contributed by atoms with Crippen LogP contribution in [-0.4, -0.2) is 5.43 Å². The molecule has 0 aromatic heterocycles. The van der Waals surface area contributed by atoms with Gasteiger partial charge in [0.05, 0.1) is 0 Å². The first-order chi connectivity index (χ1) is 15.9. The van der Waals surface area contributed by atoms with Crippen molar-refractivity contribution in [2.75, 3.05) is 0 Å². The normalized spacial score (nSPS) is 10.4. The number of rotatable bonds is 3. The van der Waals surface area contributed by atoms with Crippen LogP contribution in [-0.2, 0) is 36.2 Å². The van der Waals surface area contributed by atoms with Crippen molar-refractivity contribution in [1.82, 2.24) is 0 Å². The van der Waals surface area contributed by atoms with Crippen molar-refractivity contribution < 1.29 is 23.3 Å². The van der Waals surface area contributed by atoms with Crippen molar-refractivity contribution >= 4 is 32.2 Å². The van der Waals surface area contributed by atoms with E-state index in [-0.39, 0.29) is 5.43 Å². The van der Waals surface area contributed by atoms with Crippen LogP contribution in [0.3, 0.4) is 0 Å². The zero-order chi connectivity index (χ0) is 23.8. The molecule has 0 saturated heterocycles. The average Bonchev–Trinajstić information content (AvgIpc) is 3.40. The molecule has 0 aliphatic heterocycles. The first kappa shape index (κ1) is 25.6. The van der Waals surface area contributed by atoms with Crippen LogP contribution in [0.5, 0.6) is 0 Å². The quantitative estimate of drug-likeness (QED) is 0.166. The molecule has 0 nitrogen and oxygen atoms in total. The van der Waals surface area contributed by atoms with Gasteiger partial charge in [0.1, 0.15) is 0 Å². The SMILES string of the molecule is CCc1cccc2[cH-]c(C)cc12.CCc1cccc2[cH-]c(C)cc12.C[Si](=[Zr+2])c1ccccc1. The van der Waals surface area contributed by atoms with Crippen molar-refractivity contribution in [3.05, 3.63) is 113 Å².